The number of ether oxygens (including phenoxy) is 1. The smallest absolute Gasteiger partial charge is 0.321 e. The van der Waals surface area contributed by atoms with Gasteiger partial charge in [-0.2, -0.15) is 0 Å². The molecule has 0 unspecified atom stereocenters. The minimum Gasteiger partial charge on any atom is -0.473 e. The van der Waals surface area contributed by atoms with Crippen LogP contribution in [0.2, 0.25) is 5.02 Å². The van der Waals surface area contributed by atoms with Gasteiger partial charge >= 0.3 is 6.03 Å². The molecule has 2 amide bonds. The molecule has 0 radical (unpaired) electrons. The van der Waals surface area contributed by atoms with E-state index in [1.54, 1.807) is 18.2 Å². The largest absolute Gasteiger partial charge is 0.473 e. The summed E-state index contributed by atoms with van der Waals surface area (Å²) in [6.45, 7) is 4.01. The molecule has 2 rings (SSSR count). The molecule has 2 aromatic carbocycles. The molecule has 4 nitrogen and oxygen atoms in total. The maximum absolute atomic E-state index is 11.9. The van der Waals surface area contributed by atoms with Crippen molar-refractivity contribution in [3.05, 3.63) is 58.6 Å². The molecule has 0 saturated carbocycles. The van der Waals surface area contributed by atoms with Crippen molar-refractivity contribution in [1.29, 1.82) is 0 Å². The summed E-state index contributed by atoms with van der Waals surface area (Å²) in [6.07, 6.45) is 0.879. The summed E-state index contributed by atoms with van der Waals surface area (Å²) in [5, 5.41) is 6.03. The van der Waals surface area contributed by atoms with Gasteiger partial charge in [0, 0.05) is 10.7 Å². The molecule has 0 bridgehead atoms. The minimum atomic E-state index is -0.334. The Labute approximate surface area is 135 Å². The Hall–Kier alpha value is -2.20. The number of nitrogens with one attached hydrogen (secondary N) is 2. The maximum Gasteiger partial charge on any atom is 0.321 e. The van der Waals surface area contributed by atoms with E-state index in [1.807, 2.05) is 31.2 Å². The Kier molecular flexibility index (Phi) is 5.67. The number of anilines is 1. The third kappa shape index (κ3) is 4.15. The Morgan fingerprint density at radius 2 is 1.95 bits per heavy atom. The second-order valence-electron chi connectivity index (χ2n) is 4.79. The summed E-state index contributed by atoms with van der Waals surface area (Å²) >= 11 is 6.02. The monoisotopic (exact) mass is 318 g/mol. The predicted octanol–water partition coefficient (Wildman–Crippen LogP) is 4.37. The maximum atomic E-state index is 11.9. The van der Waals surface area contributed by atoms with Crippen molar-refractivity contribution < 1.29 is 9.53 Å². The van der Waals surface area contributed by atoms with Gasteiger partial charge in [-0.3, -0.25) is 0 Å². The van der Waals surface area contributed by atoms with Crippen LogP contribution in [0.1, 0.15) is 18.1 Å². The van der Waals surface area contributed by atoms with Gasteiger partial charge in [0.15, 0.2) is 6.73 Å². The highest BCUT2D eigenvalue weighted by atomic mass is 35.5. The Morgan fingerprint density at radius 3 is 2.73 bits per heavy atom. The summed E-state index contributed by atoms with van der Waals surface area (Å²) in [7, 11) is 0. The first-order valence-corrected chi connectivity index (χ1v) is 7.50. The van der Waals surface area contributed by atoms with E-state index < -0.39 is 0 Å². The van der Waals surface area contributed by atoms with E-state index in [0.29, 0.717) is 10.7 Å². The van der Waals surface area contributed by atoms with E-state index in [4.69, 9.17) is 16.3 Å². The fourth-order valence-corrected chi connectivity index (χ4v) is 2.20. The topological polar surface area (TPSA) is 50.4 Å². The molecule has 0 aliphatic rings. The third-order valence-electron chi connectivity index (χ3n) is 3.33. The summed E-state index contributed by atoms with van der Waals surface area (Å²) < 4.78 is 5.59. The normalized spacial score (nSPS) is 10.1. The van der Waals surface area contributed by atoms with Gasteiger partial charge in [0.2, 0.25) is 0 Å². The molecule has 0 atom stereocenters. The molecular weight excluding hydrogens is 300 g/mol. The van der Waals surface area contributed by atoms with Gasteiger partial charge in [0.25, 0.3) is 0 Å². The first kappa shape index (κ1) is 16.2. The van der Waals surface area contributed by atoms with E-state index in [-0.39, 0.29) is 12.8 Å². The standard InChI is InChI=1S/C17H19ClN2O2/c1-3-13-7-4-5-10-16(13)22-11-19-17(21)20-15-9-6-8-14(18)12(15)2/h4-10H,3,11H2,1-2H3,(H2,19,20,21). The van der Waals surface area contributed by atoms with Crippen LogP contribution in [0, 0.1) is 6.92 Å². The summed E-state index contributed by atoms with van der Waals surface area (Å²) in [5.74, 6) is 0.782. The van der Waals surface area contributed by atoms with Gasteiger partial charge in [0.05, 0.1) is 0 Å². The number of hydrogen-bond acceptors (Lipinski definition) is 2. The van der Waals surface area contributed by atoms with Crippen LogP contribution in [-0.2, 0) is 6.42 Å². The van der Waals surface area contributed by atoms with Gasteiger partial charge in [-0.15, -0.1) is 0 Å². The fraction of sp³-hybridized carbons (Fsp3) is 0.235. The molecule has 0 fully saturated rings. The molecule has 0 aromatic heterocycles. The lowest BCUT2D eigenvalue weighted by molar-refractivity contribution is 0.234. The second-order valence-corrected chi connectivity index (χ2v) is 5.20. The molecule has 0 aliphatic carbocycles. The van der Waals surface area contributed by atoms with E-state index >= 15 is 0 Å². The fourth-order valence-electron chi connectivity index (χ4n) is 2.03. The Balaban J connectivity index is 1.87. The molecule has 0 aliphatic heterocycles. The molecule has 2 N–H and O–H groups in total. The zero-order valence-electron chi connectivity index (χ0n) is 12.7. The molecule has 116 valence electrons. The number of aryl methyl sites for hydroxylation is 1. The van der Waals surface area contributed by atoms with E-state index in [9.17, 15) is 4.79 Å². The first-order chi connectivity index (χ1) is 10.6. The predicted molar refractivity (Wildman–Crippen MR) is 89.7 cm³/mol. The van der Waals surface area contributed by atoms with Crippen LogP contribution in [0.3, 0.4) is 0 Å². The van der Waals surface area contributed by atoms with Crippen molar-refractivity contribution in [2.24, 2.45) is 0 Å². The summed E-state index contributed by atoms with van der Waals surface area (Å²) in [4.78, 5) is 11.9. The van der Waals surface area contributed by atoms with Gasteiger partial charge in [0.1, 0.15) is 5.75 Å². The summed E-state index contributed by atoms with van der Waals surface area (Å²) in [6, 6.07) is 12.8. The quantitative estimate of drug-likeness (QED) is 0.804. The van der Waals surface area contributed by atoms with E-state index in [2.05, 4.69) is 17.6 Å². The number of carbonyl (C=O) groups is 1. The first-order valence-electron chi connectivity index (χ1n) is 7.12. The molecule has 0 heterocycles. The zero-order valence-corrected chi connectivity index (χ0v) is 13.4. The molecule has 22 heavy (non-hydrogen) atoms. The van der Waals surface area contributed by atoms with E-state index in [1.165, 1.54) is 0 Å². The summed E-state index contributed by atoms with van der Waals surface area (Å²) in [5.41, 5.74) is 2.62. The van der Waals surface area contributed by atoms with E-state index in [0.717, 1.165) is 23.3 Å². The number of urea groups is 1. The lowest BCUT2D eigenvalue weighted by atomic mass is 10.1. The zero-order chi connectivity index (χ0) is 15.9. The number of amides is 2. The van der Waals surface area contributed by atoms with Gasteiger partial charge in [-0.25, -0.2) is 4.79 Å². The van der Waals surface area contributed by atoms with Crippen LogP contribution < -0.4 is 15.4 Å². The van der Waals surface area contributed by atoms with Crippen LogP contribution >= 0.6 is 11.6 Å². The van der Waals surface area contributed by atoms with Crippen LogP contribution in [-0.4, -0.2) is 12.8 Å². The Morgan fingerprint density at radius 1 is 1.18 bits per heavy atom. The van der Waals surface area contributed by atoms with Crippen molar-refractivity contribution in [1.82, 2.24) is 5.32 Å². The third-order valence-corrected chi connectivity index (χ3v) is 3.74. The lowest BCUT2D eigenvalue weighted by Crippen LogP contribution is -2.32. The number of halogens is 1. The van der Waals surface area contributed by atoms with Crippen LogP contribution in [0.4, 0.5) is 10.5 Å². The number of para-hydroxylation sites is 1. The average Bonchev–Trinajstić information content (AvgIpc) is 2.52. The van der Waals surface area contributed by atoms with Crippen LogP contribution in [0.25, 0.3) is 0 Å². The highest BCUT2D eigenvalue weighted by Gasteiger charge is 2.06. The van der Waals surface area contributed by atoms with Crippen molar-refractivity contribution >= 4 is 23.3 Å². The van der Waals surface area contributed by atoms with Crippen LogP contribution in [0.15, 0.2) is 42.5 Å². The average molecular weight is 319 g/mol. The van der Waals surface area contributed by atoms with Crippen molar-refractivity contribution in [3.63, 3.8) is 0 Å². The molecule has 0 spiro atoms. The van der Waals surface area contributed by atoms with Gasteiger partial charge < -0.3 is 15.4 Å². The molecule has 5 heteroatoms. The lowest BCUT2D eigenvalue weighted by Gasteiger charge is -2.13. The Bertz CT molecular complexity index is 659. The van der Waals surface area contributed by atoms with Crippen molar-refractivity contribution in [2.75, 3.05) is 12.0 Å². The number of benzene rings is 2. The van der Waals surface area contributed by atoms with Crippen molar-refractivity contribution in [2.45, 2.75) is 20.3 Å². The minimum absolute atomic E-state index is 0.0997. The number of hydrogen-bond donors (Lipinski definition) is 2. The molecular formula is C17H19ClN2O2. The number of rotatable bonds is 5. The second kappa shape index (κ2) is 7.71. The van der Waals surface area contributed by atoms with Gasteiger partial charge in [-0.05, 0) is 42.7 Å². The van der Waals surface area contributed by atoms with Crippen LogP contribution in [0.5, 0.6) is 5.75 Å². The highest BCUT2D eigenvalue weighted by molar-refractivity contribution is 6.31. The molecule has 0 saturated heterocycles. The highest BCUT2D eigenvalue weighted by Crippen LogP contribution is 2.22. The van der Waals surface area contributed by atoms with Crippen molar-refractivity contribution in [3.8, 4) is 5.75 Å². The molecule has 2 aromatic rings. The SMILES string of the molecule is CCc1ccccc1OCNC(=O)Nc1cccc(Cl)c1C. The number of carbonyl (C=O) groups excluding carboxylic acids is 1. The van der Waals surface area contributed by atoms with Gasteiger partial charge in [-0.1, -0.05) is 42.8 Å².